The van der Waals surface area contributed by atoms with Crippen LogP contribution >= 0.6 is 12.2 Å². The lowest BCUT2D eigenvalue weighted by atomic mass is 9.91. The van der Waals surface area contributed by atoms with Gasteiger partial charge in [0, 0.05) is 6.54 Å². The third-order valence-electron chi connectivity index (χ3n) is 4.19. The number of hydrogen-bond donors (Lipinski definition) is 3. The third kappa shape index (κ3) is 5.37. The molecular formula is C22H20FN3OS. The Kier molecular flexibility index (Phi) is 6.70. The first-order chi connectivity index (χ1) is 13.6. The molecule has 0 aromatic heterocycles. The van der Waals surface area contributed by atoms with E-state index < -0.39 is 5.92 Å². The van der Waals surface area contributed by atoms with Crippen molar-refractivity contribution < 1.29 is 9.18 Å². The molecule has 0 atom stereocenters. The zero-order valence-corrected chi connectivity index (χ0v) is 15.9. The standard InChI is InChI=1S/C22H20FN3OS/c23-19-13-11-16(12-14-19)15-24-22(28)26-25-21(27)20(17-7-3-1-4-8-17)18-9-5-2-6-10-18/h1-14,20H,15H2,(H,25,27)(H2,24,26,28). The summed E-state index contributed by atoms with van der Waals surface area (Å²) in [5.74, 6) is -0.970. The van der Waals surface area contributed by atoms with Crippen molar-refractivity contribution >= 4 is 23.2 Å². The molecule has 0 spiro atoms. The molecule has 0 aliphatic rings. The molecule has 0 bridgehead atoms. The Morgan fingerprint density at radius 3 is 1.89 bits per heavy atom. The van der Waals surface area contributed by atoms with Crippen LogP contribution in [0.3, 0.4) is 0 Å². The molecule has 0 aliphatic heterocycles. The zero-order chi connectivity index (χ0) is 19.8. The normalized spacial score (nSPS) is 10.4. The average molecular weight is 393 g/mol. The van der Waals surface area contributed by atoms with Crippen molar-refractivity contribution in [2.75, 3.05) is 0 Å². The van der Waals surface area contributed by atoms with Crippen molar-refractivity contribution in [3.8, 4) is 0 Å². The molecule has 6 heteroatoms. The second-order valence-corrected chi connectivity index (χ2v) is 6.59. The Hall–Kier alpha value is -3.25. The van der Waals surface area contributed by atoms with Gasteiger partial charge in [-0.05, 0) is 41.0 Å². The van der Waals surface area contributed by atoms with Crippen molar-refractivity contribution in [1.82, 2.24) is 16.2 Å². The van der Waals surface area contributed by atoms with Crippen molar-refractivity contribution in [2.24, 2.45) is 0 Å². The summed E-state index contributed by atoms with van der Waals surface area (Å²) in [4.78, 5) is 12.9. The highest BCUT2D eigenvalue weighted by Gasteiger charge is 2.22. The number of hydrogen-bond acceptors (Lipinski definition) is 2. The molecule has 3 aromatic carbocycles. The molecule has 3 N–H and O–H groups in total. The number of nitrogens with one attached hydrogen (secondary N) is 3. The van der Waals surface area contributed by atoms with Crippen molar-refractivity contribution in [1.29, 1.82) is 0 Å². The molecular weight excluding hydrogens is 373 g/mol. The fourth-order valence-electron chi connectivity index (χ4n) is 2.81. The van der Waals surface area contributed by atoms with E-state index in [-0.39, 0.29) is 16.8 Å². The van der Waals surface area contributed by atoms with E-state index in [0.717, 1.165) is 16.7 Å². The molecule has 1 amide bonds. The largest absolute Gasteiger partial charge is 0.357 e. The summed E-state index contributed by atoms with van der Waals surface area (Å²) in [5.41, 5.74) is 8.06. The van der Waals surface area contributed by atoms with Crippen LogP contribution in [0.2, 0.25) is 0 Å². The minimum Gasteiger partial charge on any atom is -0.357 e. The van der Waals surface area contributed by atoms with Gasteiger partial charge in [0.15, 0.2) is 5.11 Å². The number of hydrazine groups is 1. The Balaban J connectivity index is 1.60. The van der Waals surface area contributed by atoms with E-state index in [1.807, 2.05) is 60.7 Å². The van der Waals surface area contributed by atoms with Crippen molar-refractivity contribution in [2.45, 2.75) is 12.5 Å². The van der Waals surface area contributed by atoms with Gasteiger partial charge < -0.3 is 5.32 Å². The van der Waals surface area contributed by atoms with Gasteiger partial charge in [0.2, 0.25) is 5.91 Å². The van der Waals surface area contributed by atoms with Gasteiger partial charge in [0.25, 0.3) is 0 Å². The second-order valence-electron chi connectivity index (χ2n) is 6.18. The molecule has 4 nitrogen and oxygen atoms in total. The molecule has 0 saturated carbocycles. The van der Waals surface area contributed by atoms with Crippen LogP contribution in [0.15, 0.2) is 84.9 Å². The maximum Gasteiger partial charge on any atom is 0.250 e. The van der Waals surface area contributed by atoms with E-state index in [1.54, 1.807) is 12.1 Å². The number of carbonyl (C=O) groups excluding carboxylic acids is 1. The molecule has 0 unspecified atom stereocenters. The number of halogens is 1. The number of amides is 1. The minimum atomic E-state index is -0.463. The van der Waals surface area contributed by atoms with Crippen molar-refractivity contribution in [3.05, 3.63) is 107 Å². The van der Waals surface area contributed by atoms with Crippen LogP contribution in [0, 0.1) is 5.82 Å². The van der Waals surface area contributed by atoms with E-state index in [2.05, 4.69) is 16.2 Å². The summed E-state index contributed by atoms with van der Waals surface area (Å²) in [6.07, 6.45) is 0. The topological polar surface area (TPSA) is 53.2 Å². The van der Waals surface area contributed by atoms with E-state index in [0.29, 0.717) is 6.54 Å². The quantitative estimate of drug-likeness (QED) is 0.458. The van der Waals surface area contributed by atoms with Gasteiger partial charge in [-0.15, -0.1) is 0 Å². The van der Waals surface area contributed by atoms with Crippen LogP contribution < -0.4 is 16.2 Å². The lowest BCUT2D eigenvalue weighted by molar-refractivity contribution is -0.122. The molecule has 3 rings (SSSR count). The molecule has 0 radical (unpaired) electrons. The highest BCUT2D eigenvalue weighted by molar-refractivity contribution is 7.80. The lowest BCUT2D eigenvalue weighted by Gasteiger charge is -2.19. The first-order valence-corrected chi connectivity index (χ1v) is 9.22. The minimum absolute atomic E-state index is 0.219. The van der Waals surface area contributed by atoms with Crippen LogP contribution in [0.4, 0.5) is 4.39 Å². The Morgan fingerprint density at radius 2 is 1.36 bits per heavy atom. The smallest absolute Gasteiger partial charge is 0.250 e. The summed E-state index contributed by atoms with van der Waals surface area (Å²) in [6.45, 7) is 0.419. The molecule has 0 saturated heterocycles. The highest BCUT2D eigenvalue weighted by atomic mass is 32.1. The van der Waals surface area contributed by atoms with Crippen LogP contribution in [0.5, 0.6) is 0 Å². The summed E-state index contributed by atoms with van der Waals surface area (Å²) >= 11 is 5.21. The molecule has 3 aromatic rings. The Morgan fingerprint density at radius 1 is 0.821 bits per heavy atom. The first kappa shape index (κ1) is 19.5. The van der Waals surface area contributed by atoms with E-state index in [1.165, 1.54) is 12.1 Å². The van der Waals surface area contributed by atoms with Gasteiger partial charge in [-0.3, -0.25) is 15.6 Å². The van der Waals surface area contributed by atoms with Crippen LogP contribution in [0.25, 0.3) is 0 Å². The average Bonchev–Trinajstić information content (AvgIpc) is 2.73. The Labute approximate surface area is 168 Å². The number of benzene rings is 3. The highest BCUT2D eigenvalue weighted by Crippen LogP contribution is 2.24. The second kappa shape index (κ2) is 9.62. The van der Waals surface area contributed by atoms with Crippen LogP contribution in [-0.4, -0.2) is 11.0 Å². The molecule has 142 valence electrons. The van der Waals surface area contributed by atoms with Crippen LogP contribution in [-0.2, 0) is 11.3 Å². The maximum absolute atomic E-state index is 12.9. The maximum atomic E-state index is 12.9. The third-order valence-corrected chi connectivity index (χ3v) is 4.44. The van der Waals surface area contributed by atoms with Gasteiger partial charge in [-0.25, -0.2) is 4.39 Å². The predicted molar refractivity (Wildman–Crippen MR) is 112 cm³/mol. The molecule has 0 fully saturated rings. The van der Waals surface area contributed by atoms with Crippen LogP contribution in [0.1, 0.15) is 22.6 Å². The summed E-state index contributed by atoms with van der Waals surface area (Å²) in [7, 11) is 0. The number of rotatable bonds is 5. The van der Waals surface area contributed by atoms with Crippen molar-refractivity contribution in [3.63, 3.8) is 0 Å². The number of thiocarbonyl (C=S) groups is 1. The van der Waals surface area contributed by atoms with Gasteiger partial charge in [0.1, 0.15) is 5.82 Å². The summed E-state index contributed by atoms with van der Waals surface area (Å²) in [5, 5.41) is 3.25. The fraction of sp³-hybridized carbons (Fsp3) is 0.0909. The predicted octanol–water partition coefficient (Wildman–Crippen LogP) is 3.65. The van der Waals surface area contributed by atoms with E-state index in [4.69, 9.17) is 12.2 Å². The monoisotopic (exact) mass is 393 g/mol. The summed E-state index contributed by atoms with van der Waals surface area (Å²) < 4.78 is 12.9. The fourth-order valence-corrected chi connectivity index (χ4v) is 2.93. The SMILES string of the molecule is O=C(NNC(=S)NCc1ccc(F)cc1)C(c1ccccc1)c1ccccc1. The summed E-state index contributed by atoms with van der Waals surface area (Å²) in [6, 6.07) is 25.2. The van der Waals surface area contributed by atoms with Gasteiger partial charge in [-0.2, -0.15) is 0 Å². The molecule has 0 aliphatic carbocycles. The number of carbonyl (C=O) groups is 1. The first-order valence-electron chi connectivity index (χ1n) is 8.81. The van der Waals surface area contributed by atoms with Gasteiger partial charge in [-0.1, -0.05) is 72.8 Å². The lowest BCUT2D eigenvalue weighted by Crippen LogP contribution is -2.48. The zero-order valence-electron chi connectivity index (χ0n) is 15.1. The molecule has 0 heterocycles. The van der Waals surface area contributed by atoms with E-state index >= 15 is 0 Å². The van der Waals surface area contributed by atoms with E-state index in [9.17, 15) is 9.18 Å². The van der Waals surface area contributed by atoms with Gasteiger partial charge >= 0.3 is 0 Å². The molecule has 28 heavy (non-hydrogen) atoms. The Bertz CT molecular complexity index is 878. The van der Waals surface area contributed by atoms with Gasteiger partial charge in [0.05, 0.1) is 5.92 Å².